The summed E-state index contributed by atoms with van der Waals surface area (Å²) in [5, 5.41) is 8.98. The standard InChI is InChI=1S/C15H20N2O2/c1-3-17(9-10-18)15(19)14-7-6-12(2)11-13(14)5-4-8-16/h6-7,11,18H,3,8-10,16H2,1-2H3. The van der Waals surface area contributed by atoms with E-state index in [-0.39, 0.29) is 19.1 Å². The van der Waals surface area contributed by atoms with Crippen LogP contribution in [-0.2, 0) is 0 Å². The summed E-state index contributed by atoms with van der Waals surface area (Å²) in [6.07, 6.45) is 0. The zero-order chi connectivity index (χ0) is 14.3. The normalized spacial score (nSPS) is 9.68. The first-order valence-electron chi connectivity index (χ1n) is 6.33. The molecule has 0 radical (unpaired) electrons. The van der Waals surface area contributed by atoms with E-state index in [1.807, 2.05) is 26.0 Å². The van der Waals surface area contributed by atoms with Crippen LogP contribution in [-0.4, -0.2) is 42.2 Å². The lowest BCUT2D eigenvalue weighted by Crippen LogP contribution is -2.33. The predicted octanol–water partition coefficient (Wildman–Crippen LogP) is 0.760. The second-order valence-electron chi connectivity index (χ2n) is 4.16. The number of carbonyl (C=O) groups excluding carboxylic acids is 1. The van der Waals surface area contributed by atoms with Crippen molar-refractivity contribution in [1.29, 1.82) is 0 Å². The molecule has 0 atom stereocenters. The van der Waals surface area contributed by atoms with Crippen molar-refractivity contribution in [3.63, 3.8) is 0 Å². The zero-order valence-electron chi connectivity index (χ0n) is 11.4. The van der Waals surface area contributed by atoms with Crippen LogP contribution in [0.5, 0.6) is 0 Å². The van der Waals surface area contributed by atoms with E-state index in [0.29, 0.717) is 24.2 Å². The van der Waals surface area contributed by atoms with Crippen molar-refractivity contribution in [1.82, 2.24) is 4.90 Å². The van der Waals surface area contributed by atoms with Crippen LogP contribution in [0.15, 0.2) is 18.2 Å². The molecular formula is C15H20N2O2. The van der Waals surface area contributed by atoms with E-state index < -0.39 is 0 Å². The molecule has 1 amide bonds. The number of amides is 1. The minimum absolute atomic E-state index is 0.0464. The van der Waals surface area contributed by atoms with E-state index in [2.05, 4.69) is 11.8 Å². The van der Waals surface area contributed by atoms with Crippen molar-refractivity contribution < 1.29 is 9.90 Å². The fraction of sp³-hybridized carbons (Fsp3) is 0.400. The molecule has 1 aromatic carbocycles. The molecule has 102 valence electrons. The third-order valence-corrected chi connectivity index (χ3v) is 2.77. The number of nitrogens with zero attached hydrogens (tertiary/aromatic N) is 1. The monoisotopic (exact) mass is 260 g/mol. The molecular weight excluding hydrogens is 240 g/mol. The molecule has 0 aliphatic heterocycles. The third kappa shape index (κ3) is 4.09. The van der Waals surface area contributed by atoms with Gasteiger partial charge in [0.05, 0.1) is 18.7 Å². The van der Waals surface area contributed by atoms with E-state index in [1.165, 1.54) is 0 Å². The van der Waals surface area contributed by atoms with Crippen molar-refractivity contribution in [3.8, 4) is 11.8 Å². The lowest BCUT2D eigenvalue weighted by molar-refractivity contribution is 0.0731. The molecule has 0 unspecified atom stereocenters. The molecule has 0 fully saturated rings. The Morgan fingerprint density at radius 1 is 1.47 bits per heavy atom. The molecule has 0 aliphatic rings. The third-order valence-electron chi connectivity index (χ3n) is 2.77. The largest absolute Gasteiger partial charge is 0.395 e. The van der Waals surface area contributed by atoms with Gasteiger partial charge in [-0.05, 0) is 31.5 Å². The molecule has 0 aliphatic carbocycles. The van der Waals surface area contributed by atoms with Crippen LogP contribution in [0.2, 0.25) is 0 Å². The highest BCUT2D eigenvalue weighted by molar-refractivity contribution is 5.96. The van der Waals surface area contributed by atoms with Gasteiger partial charge >= 0.3 is 0 Å². The first-order valence-corrected chi connectivity index (χ1v) is 6.33. The SMILES string of the molecule is CCN(CCO)C(=O)c1ccc(C)cc1C#CCN. The Morgan fingerprint density at radius 2 is 2.21 bits per heavy atom. The molecule has 0 saturated heterocycles. The van der Waals surface area contributed by atoms with Crippen LogP contribution in [0, 0.1) is 18.8 Å². The molecule has 4 nitrogen and oxygen atoms in total. The molecule has 0 bridgehead atoms. The first-order chi connectivity index (χ1) is 9.13. The highest BCUT2D eigenvalue weighted by Crippen LogP contribution is 2.13. The van der Waals surface area contributed by atoms with Crippen LogP contribution >= 0.6 is 0 Å². The Labute approximate surface area is 114 Å². The summed E-state index contributed by atoms with van der Waals surface area (Å²) in [5.74, 6) is 5.59. The van der Waals surface area contributed by atoms with E-state index >= 15 is 0 Å². The number of aryl methyl sites for hydroxylation is 1. The van der Waals surface area contributed by atoms with Gasteiger partial charge in [0.1, 0.15) is 0 Å². The maximum absolute atomic E-state index is 12.4. The van der Waals surface area contributed by atoms with Crippen LogP contribution in [0.3, 0.4) is 0 Å². The number of likely N-dealkylation sites (N-methyl/N-ethyl adjacent to an activating group) is 1. The summed E-state index contributed by atoms with van der Waals surface area (Å²) in [7, 11) is 0. The van der Waals surface area contributed by atoms with Crippen LogP contribution in [0.1, 0.15) is 28.4 Å². The van der Waals surface area contributed by atoms with E-state index in [0.717, 1.165) is 5.56 Å². The van der Waals surface area contributed by atoms with Gasteiger partial charge in [-0.25, -0.2) is 0 Å². The van der Waals surface area contributed by atoms with Gasteiger partial charge in [-0.2, -0.15) is 0 Å². The van der Waals surface area contributed by atoms with Gasteiger partial charge in [0, 0.05) is 18.7 Å². The average molecular weight is 260 g/mol. The molecule has 0 spiro atoms. The summed E-state index contributed by atoms with van der Waals surface area (Å²) in [6.45, 7) is 4.93. The lowest BCUT2D eigenvalue weighted by Gasteiger charge is -2.20. The number of carbonyl (C=O) groups is 1. The number of benzene rings is 1. The van der Waals surface area contributed by atoms with Crippen molar-refractivity contribution in [3.05, 3.63) is 34.9 Å². The molecule has 0 saturated carbocycles. The average Bonchev–Trinajstić information content (AvgIpc) is 2.42. The predicted molar refractivity (Wildman–Crippen MR) is 75.8 cm³/mol. The Hall–Kier alpha value is -1.83. The highest BCUT2D eigenvalue weighted by Gasteiger charge is 2.16. The smallest absolute Gasteiger partial charge is 0.255 e. The van der Waals surface area contributed by atoms with E-state index in [1.54, 1.807) is 11.0 Å². The van der Waals surface area contributed by atoms with Crippen LogP contribution < -0.4 is 5.73 Å². The minimum Gasteiger partial charge on any atom is -0.395 e. The number of rotatable bonds is 4. The van der Waals surface area contributed by atoms with Crippen molar-refractivity contribution >= 4 is 5.91 Å². The fourth-order valence-corrected chi connectivity index (χ4v) is 1.79. The molecule has 1 rings (SSSR count). The van der Waals surface area contributed by atoms with Gasteiger partial charge in [0.15, 0.2) is 0 Å². The zero-order valence-corrected chi connectivity index (χ0v) is 11.4. The number of aliphatic hydroxyl groups is 1. The summed E-state index contributed by atoms with van der Waals surface area (Å²) < 4.78 is 0. The first kappa shape index (κ1) is 15.2. The second-order valence-corrected chi connectivity index (χ2v) is 4.16. The minimum atomic E-state index is -0.113. The summed E-state index contributed by atoms with van der Waals surface area (Å²) in [6, 6.07) is 5.54. The maximum atomic E-state index is 12.4. The topological polar surface area (TPSA) is 66.6 Å². The molecule has 4 heteroatoms. The van der Waals surface area contributed by atoms with Gasteiger partial charge in [-0.3, -0.25) is 4.79 Å². The molecule has 0 heterocycles. The van der Waals surface area contributed by atoms with Crippen LogP contribution in [0.25, 0.3) is 0 Å². The Morgan fingerprint density at radius 3 is 2.79 bits per heavy atom. The summed E-state index contributed by atoms with van der Waals surface area (Å²) >= 11 is 0. The lowest BCUT2D eigenvalue weighted by atomic mass is 10.0. The Kier molecular flexibility index (Phi) is 6.07. The number of nitrogens with two attached hydrogens (primary N) is 1. The maximum Gasteiger partial charge on any atom is 0.255 e. The molecule has 3 N–H and O–H groups in total. The molecule has 1 aromatic rings. The van der Waals surface area contributed by atoms with Gasteiger partial charge in [-0.15, -0.1) is 0 Å². The van der Waals surface area contributed by atoms with Gasteiger partial charge in [-0.1, -0.05) is 17.9 Å². The van der Waals surface area contributed by atoms with Crippen molar-refractivity contribution in [2.24, 2.45) is 5.73 Å². The Balaban J connectivity index is 3.14. The summed E-state index contributed by atoms with van der Waals surface area (Å²) in [5.41, 5.74) is 7.66. The number of hydrogen-bond donors (Lipinski definition) is 2. The van der Waals surface area contributed by atoms with Gasteiger partial charge < -0.3 is 15.7 Å². The molecule has 0 aromatic heterocycles. The van der Waals surface area contributed by atoms with E-state index in [4.69, 9.17) is 10.8 Å². The number of aliphatic hydroxyl groups excluding tert-OH is 1. The molecule has 19 heavy (non-hydrogen) atoms. The van der Waals surface area contributed by atoms with Crippen molar-refractivity contribution in [2.75, 3.05) is 26.2 Å². The van der Waals surface area contributed by atoms with Crippen LogP contribution in [0.4, 0.5) is 0 Å². The quantitative estimate of drug-likeness (QED) is 0.785. The van der Waals surface area contributed by atoms with Gasteiger partial charge in [0.25, 0.3) is 5.91 Å². The van der Waals surface area contributed by atoms with Gasteiger partial charge in [0.2, 0.25) is 0 Å². The van der Waals surface area contributed by atoms with E-state index in [9.17, 15) is 4.79 Å². The Bertz CT molecular complexity index is 501. The highest BCUT2D eigenvalue weighted by atomic mass is 16.3. The second kappa shape index (κ2) is 7.57. The number of hydrogen-bond acceptors (Lipinski definition) is 3. The summed E-state index contributed by atoms with van der Waals surface area (Å²) in [4.78, 5) is 14.0. The van der Waals surface area contributed by atoms with Crippen molar-refractivity contribution in [2.45, 2.75) is 13.8 Å². The fourth-order valence-electron chi connectivity index (χ4n) is 1.79.